The molecule has 1 aliphatic rings. The molecular formula is C11H13BrClNO. The van der Waals surface area contributed by atoms with Crippen LogP contribution in [0.4, 0.5) is 0 Å². The van der Waals surface area contributed by atoms with Crippen LogP contribution in [0.2, 0.25) is 5.02 Å². The quantitative estimate of drug-likeness (QED) is 0.833. The minimum absolute atomic E-state index is 0.604. The first-order chi connectivity index (χ1) is 7.12. The zero-order valence-corrected chi connectivity index (χ0v) is 10.6. The smallest absolute Gasteiger partial charge is 0.103 e. The number of halogens is 2. The monoisotopic (exact) mass is 289 g/mol. The summed E-state index contributed by atoms with van der Waals surface area (Å²) in [4.78, 5) is 0. The number of piperidine rings is 1. The van der Waals surface area contributed by atoms with Gasteiger partial charge in [-0.15, -0.1) is 0 Å². The summed E-state index contributed by atoms with van der Waals surface area (Å²) in [6.07, 6.45) is 1.78. The predicted molar refractivity (Wildman–Crippen MR) is 65.2 cm³/mol. The molecule has 1 saturated heterocycles. The van der Waals surface area contributed by atoms with Gasteiger partial charge in [-0.1, -0.05) is 33.6 Å². The van der Waals surface area contributed by atoms with Gasteiger partial charge in [-0.3, -0.25) is 0 Å². The Bertz CT molecular complexity index is 364. The Morgan fingerprint density at radius 3 is 2.87 bits per heavy atom. The molecular weight excluding hydrogens is 277 g/mol. The first kappa shape index (κ1) is 11.4. The third kappa shape index (κ3) is 2.36. The van der Waals surface area contributed by atoms with Crippen LogP contribution in [0.15, 0.2) is 22.7 Å². The molecule has 2 N–H and O–H groups in total. The van der Waals surface area contributed by atoms with Gasteiger partial charge in [0.05, 0.1) is 0 Å². The van der Waals surface area contributed by atoms with Crippen molar-refractivity contribution in [2.75, 3.05) is 13.1 Å². The second-order valence-electron chi connectivity index (χ2n) is 3.94. The lowest BCUT2D eigenvalue weighted by atomic mass is 9.87. The van der Waals surface area contributed by atoms with Crippen LogP contribution in [-0.2, 0) is 5.60 Å². The molecule has 1 atom stereocenters. The van der Waals surface area contributed by atoms with Gasteiger partial charge in [-0.25, -0.2) is 0 Å². The third-order valence-electron chi connectivity index (χ3n) is 2.79. The van der Waals surface area contributed by atoms with Crippen molar-refractivity contribution in [3.8, 4) is 0 Å². The molecule has 2 rings (SSSR count). The molecule has 0 amide bonds. The van der Waals surface area contributed by atoms with Crippen LogP contribution in [0.1, 0.15) is 18.4 Å². The summed E-state index contributed by atoms with van der Waals surface area (Å²) in [5, 5.41) is 14.4. The molecule has 0 aromatic heterocycles. The number of β-amino-alcohol motifs (C(OH)–C–C–N with tert-alkyl or cyclic N) is 1. The molecule has 1 heterocycles. The van der Waals surface area contributed by atoms with Crippen molar-refractivity contribution in [3.05, 3.63) is 33.3 Å². The summed E-state index contributed by atoms with van der Waals surface area (Å²) in [7, 11) is 0. The predicted octanol–water partition coefficient (Wildman–Crippen LogP) is 2.67. The van der Waals surface area contributed by atoms with Crippen LogP contribution in [0.5, 0.6) is 0 Å². The van der Waals surface area contributed by atoms with E-state index in [1.807, 2.05) is 18.2 Å². The van der Waals surface area contributed by atoms with Gasteiger partial charge in [0.15, 0.2) is 0 Å². The van der Waals surface area contributed by atoms with E-state index in [4.69, 9.17) is 11.6 Å². The maximum Gasteiger partial charge on any atom is 0.103 e. The second kappa shape index (κ2) is 4.42. The van der Waals surface area contributed by atoms with Gasteiger partial charge in [-0.05, 0) is 37.1 Å². The molecule has 1 fully saturated rings. The summed E-state index contributed by atoms with van der Waals surface area (Å²) >= 11 is 9.32. The van der Waals surface area contributed by atoms with Crippen molar-refractivity contribution in [3.63, 3.8) is 0 Å². The molecule has 15 heavy (non-hydrogen) atoms. The molecule has 0 spiro atoms. The minimum Gasteiger partial charge on any atom is -0.384 e. The largest absolute Gasteiger partial charge is 0.384 e. The first-order valence-electron chi connectivity index (χ1n) is 5.00. The van der Waals surface area contributed by atoms with Gasteiger partial charge in [0.1, 0.15) is 5.60 Å². The second-order valence-corrected chi connectivity index (χ2v) is 5.23. The fraction of sp³-hybridized carbons (Fsp3) is 0.455. The van der Waals surface area contributed by atoms with Crippen LogP contribution >= 0.6 is 27.5 Å². The van der Waals surface area contributed by atoms with Crippen molar-refractivity contribution >= 4 is 27.5 Å². The van der Waals surface area contributed by atoms with E-state index in [9.17, 15) is 5.11 Å². The number of hydrogen-bond donors (Lipinski definition) is 2. The summed E-state index contributed by atoms with van der Waals surface area (Å²) in [5.41, 5.74) is 0.154. The van der Waals surface area contributed by atoms with Crippen molar-refractivity contribution in [1.82, 2.24) is 5.32 Å². The van der Waals surface area contributed by atoms with Crippen LogP contribution in [0.25, 0.3) is 0 Å². The molecule has 4 heteroatoms. The average molecular weight is 291 g/mol. The normalized spacial score (nSPS) is 26.6. The van der Waals surface area contributed by atoms with Crippen LogP contribution < -0.4 is 5.32 Å². The topological polar surface area (TPSA) is 32.3 Å². The maximum absolute atomic E-state index is 10.5. The minimum atomic E-state index is -0.762. The maximum atomic E-state index is 10.5. The Morgan fingerprint density at radius 2 is 2.27 bits per heavy atom. The summed E-state index contributed by atoms with van der Waals surface area (Å²) < 4.78 is 0.876. The number of benzene rings is 1. The standard InChI is InChI=1S/C11H13BrClNO/c12-10-6-8(13)2-3-9(10)11(15)4-1-5-14-7-11/h2-3,6,14-15H,1,4-5,7H2. The van der Waals surface area contributed by atoms with Crippen LogP contribution in [-0.4, -0.2) is 18.2 Å². The molecule has 2 nitrogen and oxygen atoms in total. The van der Waals surface area contributed by atoms with Crippen molar-refractivity contribution in [2.45, 2.75) is 18.4 Å². The van der Waals surface area contributed by atoms with Crippen LogP contribution in [0.3, 0.4) is 0 Å². The SMILES string of the molecule is OC1(c2ccc(Cl)cc2Br)CCCNC1. The number of nitrogens with one attached hydrogen (secondary N) is 1. The fourth-order valence-corrected chi connectivity index (χ4v) is 3.04. The summed E-state index contributed by atoms with van der Waals surface area (Å²) in [6, 6.07) is 5.52. The van der Waals surface area contributed by atoms with Gasteiger partial charge >= 0.3 is 0 Å². The Morgan fingerprint density at radius 1 is 1.47 bits per heavy atom. The molecule has 82 valence electrons. The highest BCUT2D eigenvalue weighted by Crippen LogP contribution is 2.34. The highest BCUT2D eigenvalue weighted by molar-refractivity contribution is 9.10. The molecule has 1 aromatic rings. The van der Waals surface area contributed by atoms with Gasteiger partial charge in [-0.2, -0.15) is 0 Å². The number of hydrogen-bond acceptors (Lipinski definition) is 2. The third-order valence-corrected chi connectivity index (χ3v) is 3.69. The van der Waals surface area contributed by atoms with E-state index in [0.29, 0.717) is 11.6 Å². The molecule has 0 aliphatic carbocycles. The van der Waals surface area contributed by atoms with Crippen molar-refractivity contribution in [1.29, 1.82) is 0 Å². The van der Waals surface area contributed by atoms with Gasteiger partial charge < -0.3 is 10.4 Å². The Hall–Kier alpha value is -0.0900. The van der Waals surface area contributed by atoms with E-state index >= 15 is 0 Å². The van der Waals surface area contributed by atoms with Crippen molar-refractivity contribution in [2.24, 2.45) is 0 Å². The van der Waals surface area contributed by atoms with Gasteiger partial charge in [0.2, 0.25) is 0 Å². The van der Waals surface area contributed by atoms with E-state index < -0.39 is 5.60 Å². The fourth-order valence-electron chi connectivity index (χ4n) is 1.99. The van der Waals surface area contributed by atoms with E-state index in [-0.39, 0.29) is 0 Å². The molecule has 0 bridgehead atoms. The van der Waals surface area contributed by atoms with Crippen LogP contribution in [0, 0.1) is 0 Å². The van der Waals surface area contributed by atoms with Crippen molar-refractivity contribution < 1.29 is 5.11 Å². The van der Waals surface area contributed by atoms with Gasteiger partial charge in [0.25, 0.3) is 0 Å². The molecule has 1 aliphatic heterocycles. The summed E-state index contributed by atoms with van der Waals surface area (Å²) in [6.45, 7) is 1.58. The summed E-state index contributed by atoms with van der Waals surface area (Å²) in [5.74, 6) is 0. The molecule has 1 aromatic carbocycles. The molecule has 0 saturated carbocycles. The zero-order valence-electron chi connectivity index (χ0n) is 8.26. The first-order valence-corrected chi connectivity index (χ1v) is 6.17. The van der Waals surface area contributed by atoms with Gasteiger partial charge in [0, 0.05) is 16.0 Å². The lowest BCUT2D eigenvalue weighted by Crippen LogP contribution is -2.43. The highest BCUT2D eigenvalue weighted by Gasteiger charge is 2.32. The Balaban J connectivity index is 2.35. The lowest BCUT2D eigenvalue weighted by molar-refractivity contribution is 0.0116. The molecule has 1 unspecified atom stereocenters. The average Bonchev–Trinajstić information content (AvgIpc) is 2.18. The van der Waals surface area contributed by atoms with E-state index in [0.717, 1.165) is 29.4 Å². The lowest BCUT2D eigenvalue weighted by Gasteiger charge is -2.33. The van der Waals surface area contributed by atoms with E-state index in [1.165, 1.54) is 0 Å². The Labute approximate surface area is 103 Å². The number of rotatable bonds is 1. The number of aliphatic hydroxyl groups is 1. The van der Waals surface area contributed by atoms with E-state index in [1.54, 1.807) is 0 Å². The highest BCUT2D eigenvalue weighted by atomic mass is 79.9. The zero-order chi connectivity index (χ0) is 10.9. The van der Waals surface area contributed by atoms with E-state index in [2.05, 4.69) is 21.2 Å². The molecule has 0 radical (unpaired) electrons. The Kier molecular flexibility index (Phi) is 3.36.